The summed E-state index contributed by atoms with van der Waals surface area (Å²) in [6.45, 7) is 8.74. The first-order chi connectivity index (χ1) is 20.8. The summed E-state index contributed by atoms with van der Waals surface area (Å²) in [5, 5.41) is 4.07. The van der Waals surface area contributed by atoms with Gasteiger partial charge in [-0.25, -0.2) is 33.1 Å². The number of rotatable bonds is 3. The fourth-order valence-corrected chi connectivity index (χ4v) is 6.95. The van der Waals surface area contributed by atoms with Crippen LogP contribution in [-0.2, 0) is 4.79 Å². The number of thioether (sulfide) groups is 1. The average molecular weight is 603 g/mol. The summed E-state index contributed by atoms with van der Waals surface area (Å²) in [6.07, 6.45) is 3.45. The molecule has 0 radical (unpaired) electrons. The summed E-state index contributed by atoms with van der Waals surface area (Å²) < 4.78 is 32.9. The minimum absolute atomic E-state index is 0.0164. The van der Waals surface area contributed by atoms with Crippen LogP contribution in [0.25, 0.3) is 28.0 Å². The number of hydrogen-bond acceptors (Lipinski definition) is 9. The zero-order chi connectivity index (χ0) is 30.0. The molecule has 2 aliphatic heterocycles. The second kappa shape index (κ2) is 10.4. The van der Waals surface area contributed by atoms with Gasteiger partial charge in [0.1, 0.15) is 34.4 Å². The van der Waals surface area contributed by atoms with E-state index in [0.29, 0.717) is 59.3 Å². The Hall–Kier alpha value is -4.39. The summed E-state index contributed by atoms with van der Waals surface area (Å²) in [5.74, 6) is -0.819. The molecular weight excluding hydrogens is 574 g/mol. The molecule has 1 N–H and O–H groups in total. The zero-order valence-corrected chi connectivity index (χ0v) is 24.4. The van der Waals surface area contributed by atoms with E-state index in [4.69, 9.17) is 4.98 Å². The number of carbonyl (C=O) groups excluding carboxylic acids is 1. The number of nitrogens with zero attached hydrogens (tertiary/aromatic N) is 7. The van der Waals surface area contributed by atoms with E-state index in [1.807, 2.05) is 18.7 Å². The Bertz CT molecular complexity index is 1880. The second-order valence-corrected chi connectivity index (χ2v) is 12.1. The van der Waals surface area contributed by atoms with E-state index < -0.39 is 17.3 Å². The van der Waals surface area contributed by atoms with Gasteiger partial charge < -0.3 is 15.1 Å². The minimum Gasteiger partial charge on any atom is -0.384 e. The van der Waals surface area contributed by atoms with Crippen LogP contribution >= 0.6 is 11.8 Å². The van der Waals surface area contributed by atoms with Gasteiger partial charge >= 0.3 is 5.69 Å². The van der Waals surface area contributed by atoms with Crippen LogP contribution in [0.15, 0.2) is 53.1 Å². The highest BCUT2D eigenvalue weighted by Crippen LogP contribution is 2.42. The number of hydrogen-bond donors (Lipinski definition) is 1. The maximum absolute atomic E-state index is 16.1. The van der Waals surface area contributed by atoms with E-state index in [1.165, 1.54) is 40.9 Å². The monoisotopic (exact) mass is 602 g/mol. The van der Waals surface area contributed by atoms with Crippen molar-refractivity contribution in [3.63, 3.8) is 0 Å². The van der Waals surface area contributed by atoms with E-state index in [0.717, 1.165) is 0 Å². The number of anilines is 2. The van der Waals surface area contributed by atoms with Crippen molar-refractivity contribution >= 4 is 40.2 Å². The Morgan fingerprint density at radius 3 is 2.79 bits per heavy atom. The largest absolute Gasteiger partial charge is 0.384 e. The highest BCUT2D eigenvalue weighted by Gasteiger charge is 2.51. The van der Waals surface area contributed by atoms with Crippen LogP contribution in [0, 0.1) is 11.6 Å². The Morgan fingerprint density at radius 1 is 1.16 bits per heavy atom. The number of amides is 1. The lowest BCUT2D eigenvalue weighted by molar-refractivity contribution is -0.126. The third-order valence-electron chi connectivity index (χ3n) is 8.13. The van der Waals surface area contributed by atoms with Gasteiger partial charge in [-0.1, -0.05) is 26.5 Å². The highest BCUT2D eigenvalue weighted by atomic mass is 32.2. The third-order valence-corrected chi connectivity index (χ3v) is 9.11. The molecule has 2 fully saturated rings. The number of halogens is 2. The molecule has 220 valence electrons. The van der Waals surface area contributed by atoms with E-state index in [-0.39, 0.29) is 46.6 Å². The molecule has 2 atom stereocenters. The van der Waals surface area contributed by atoms with Crippen molar-refractivity contribution in [2.24, 2.45) is 0 Å². The number of benzene rings is 1. The number of piperazine rings is 1. The zero-order valence-electron chi connectivity index (χ0n) is 23.5. The molecule has 0 spiro atoms. The number of fused-ring (bicyclic) bond motifs is 6. The van der Waals surface area contributed by atoms with Gasteiger partial charge in [0.15, 0.2) is 11.5 Å². The number of carbonyl (C=O) groups is 1. The van der Waals surface area contributed by atoms with Gasteiger partial charge in [0.05, 0.1) is 28.7 Å². The van der Waals surface area contributed by atoms with Crippen LogP contribution in [0.2, 0.25) is 0 Å². The summed E-state index contributed by atoms with van der Waals surface area (Å²) >= 11 is 1.43. The first kappa shape index (κ1) is 27.4. The van der Waals surface area contributed by atoms with Crippen LogP contribution in [0.5, 0.6) is 0 Å². The van der Waals surface area contributed by atoms with Crippen molar-refractivity contribution in [1.29, 1.82) is 0 Å². The van der Waals surface area contributed by atoms with Gasteiger partial charge in [0.2, 0.25) is 5.91 Å². The van der Waals surface area contributed by atoms with Crippen LogP contribution in [0.4, 0.5) is 20.3 Å². The van der Waals surface area contributed by atoms with E-state index >= 15 is 8.78 Å². The van der Waals surface area contributed by atoms with Gasteiger partial charge in [-0.2, -0.15) is 4.98 Å². The minimum atomic E-state index is -0.748. The molecule has 1 aromatic carbocycles. The molecule has 13 heteroatoms. The maximum atomic E-state index is 16.1. The molecule has 10 nitrogen and oxygen atoms in total. The number of aromatic nitrogens is 5. The molecule has 1 amide bonds. The first-order valence-electron chi connectivity index (χ1n) is 14.1. The lowest BCUT2D eigenvalue weighted by Crippen LogP contribution is -2.49. The Kier molecular flexibility index (Phi) is 6.64. The fourth-order valence-electron chi connectivity index (χ4n) is 6.10. The third kappa shape index (κ3) is 4.44. The Balaban J connectivity index is 1.53. The molecule has 7 rings (SSSR count). The smallest absolute Gasteiger partial charge is 0.355 e. The molecular formula is C30H28F2N8O2S. The topological polar surface area (TPSA) is 109 Å². The van der Waals surface area contributed by atoms with Crippen molar-refractivity contribution < 1.29 is 13.6 Å². The van der Waals surface area contributed by atoms with E-state index in [1.54, 1.807) is 17.0 Å². The van der Waals surface area contributed by atoms with Crippen molar-refractivity contribution in [3.8, 4) is 16.9 Å². The lowest BCUT2D eigenvalue weighted by Gasteiger charge is -2.35. The predicted molar refractivity (Wildman–Crippen MR) is 161 cm³/mol. The molecule has 1 saturated heterocycles. The van der Waals surface area contributed by atoms with Gasteiger partial charge in [0, 0.05) is 31.1 Å². The van der Waals surface area contributed by atoms with Crippen molar-refractivity contribution in [2.75, 3.05) is 35.6 Å². The standard InChI is InChI=1S/C30H28F2N8O2S/c1-4-22(41)38-9-10-39(21-13-20(21)38)27-16-12-18(32)25-23-17(31)6-5-7-19(23)33-8-11-43-29-26(24(15(2)3)34-14-35-29)40(28(16)36-25)30(42)37-27/h4-7,12,14-15,20-21,33H,1,8-11,13H2,2-3H3/t20-,21+/m0/s1. The number of nitrogens with one attached hydrogen (secondary N) is 1. The van der Waals surface area contributed by atoms with E-state index in [9.17, 15) is 9.59 Å². The fraction of sp³-hybridized carbons (Fsp3) is 0.333. The van der Waals surface area contributed by atoms with Crippen molar-refractivity contribution in [3.05, 3.63) is 71.1 Å². The van der Waals surface area contributed by atoms with Crippen LogP contribution in [0.1, 0.15) is 31.9 Å². The summed E-state index contributed by atoms with van der Waals surface area (Å²) in [4.78, 5) is 48.4. The number of pyridine rings is 1. The Labute approximate surface area is 249 Å². The van der Waals surface area contributed by atoms with Gasteiger partial charge in [0.25, 0.3) is 0 Å². The lowest BCUT2D eigenvalue weighted by atomic mass is 10.1. The van der Waals surface area contributed by atoms with Crippen LogP contribution in [-0.4, -0.2) is 72.8 Å². The SMILES string of the molecule is C=CC(=O)N1CCN(c2nc(=O)n3c4nc(c(F)cc24)-c2c(F)cccc2NCCSc2ncnc(C(C)C)c2-3)[C@@H]2C[C@@H]21. The molecule has 1 saturated carbocycles. The summed E-state index contributed by atoms with van der Waals surface area (Å²) in [6, 6.07) is 5.62. The second-order valence-electron chi connectivity index (χ2n) is 11.0. The normalized spacial score (nSPS) is 19.2. The summed E-state index contributed by atoms with van der Waals surface area (Å²) in [5.41, 5.74) is 0.697. The van der Waals surface area contributed by atoms with E-state index in [2.05, 4.69) is 26.8 Å². The highest BCUT2D eigenvalue weighted by molar-refractivity contribution is 7.99. The molecule has 1 aliphatic carbocycles. The van der Waals surface area contributed by atoms with Crippen molar-refractivity contribution in [2.45, 2.75) is 43.3 Å². The molecule has 43 heavy (non-hydrogen) atoms. The Morgan fingerprint density at radius 2 is 2.00 bits per heavy atom. The quantitative estimate of drug-likeness (QED) is 0.274. The van der Waals surface area contributed by atoms with Gasteiger partial charge in [-0.15, -0.1) is 11.8 Å². The summed E-state index contributed by atoms with van der Waals surface area (Å²) in [7, 11) is 0. The molecule has 0 unspecified atom stereocenters. The van der Waals surface area contributed by atoms with Crippen LogP contribution < -0.4 is 15.9 Å². The van der Waals surface area contributed by atoms with Gasteiger partial charge in [-0.3, -0.25) is 4.79 Å². The molecule has 2 bridgehead atoms. The molecule has 4 aromatic rings. The first-order valence-corrected chi connectivity index (χ1v) is 15.1. The maximum Gasteiger partial charge on any atom is 0.355 e. The average Bonchev–Trinajstić information content (AvgIpc) is 3.79. The van der Waals surface area contributed by atoms with Crippen molar-refractivity contribution in [1.82, 2.24) is 29.4 Å². The molecule has 3 aliphatic rings. The van der Waals surface area contributed by atoms with Crippen LogP contribution in [0.3, 0.4) is 0 Å². The van der Waals surface area contributed by atoms with Gasteiger partial charge in [-0.05, 0) is 36.6 Å². The predicted octanol–water partition coefficient (Wildman–Crippen LogP) is 4.13. The molecule has 5 heterocycles. The molecule has 3 aromatic heterocycles.